The number of hydrogen-bond acceptors (Lipinski definition) is 1. The van der Waals surface area contributed by atoms with E-state index >= 15 is 0 Å². The van der Waals surface area contributed by atoms with E-state index in [0.29, 0.717) is 0 Å². The summed E-state index contributed by atoms with van der Waals surface area (Å²) in [6.45, 7) is 5.62. The molecule has 0 unspecified atom stereocenters. The number of nitrogens with zero attached hydrogens (tertiary/aromatic N) is 2. The number of aromatic nitrogens is 2. The van der Waals surface area contributed by atoms with Gasteiger partial charge in [-0.15, -0.1) is 12.4 Å². The zero-order valence-electron chi connectivity index (χ0n) is 13.0. The fourth-order valence-corrected chi connectivity index (χ4v) is 3.19. The summed E-state index contributed by atoms with van der Waals surface area (Å²) in [5, 5.41) is 1.35. The summed E-state index contributed by atoms with van der Waals surface area (Å²) < 4.78 is 2.50. The van der Waals surface area contributed by atoms with Crippen LogP contribution in [0.2, 0.25) is 0 Å². The van der Waals surface area contributed by atoms with E-state index in [0.717, 1.165) is 18.2 Å². The van der Waals surface area contributed by atoms with E-state index in [-0.39, 0.29) is 12.4 Å². The third-order valence-corrected chi connectivity index (χ3v) is 4.73. The Hall–Kier alpha value is -1.80. The average molecular weight is 313 g/mol. The van der Waals surface area contributed by atoms with Gasteiger partial charge in [-0.2, -0.15) is 0 Å². The van der Waals surface area contributed by atoms with Crippen LogP contribution in [0.15, 0.2) is 42.6 Å². The van der Waals surface area contributed by atoms with Crippen LogP contribution in [-0.4, -0.2) is 9.55 Å². The molecule has 2 nitrogen and oxygen atoms in total. The number of halogens is 1. The van der Waals surface area contributed by atoms with Gasteiger partial charge in [0, 0.05) is 29.4 Å². The number of aryl methyl sites for hydroxylation is 1. The molecule has 4 rings (SSSR count). The zero-order chi connectivity index (χ0) is 14.4. The van der Waals surface area contributed by atoms with E-state index < -0.39 is 0 Å². The standard InChI is InChI=1S/C19H20N2.ClH/c1-13-14(2)21(12-15-8-9-15)19-17(13)10-11-20-18(19)16-6-4-3-5-7-16;/h3-7,10-11,15H,8-9,12H2,1-2H3;1H. The average Bonchev–Trinajstić information content (AvgIpc) is 3.32. The smallest absolute Gasteiger partial charge is 0.0944 e. The van der Waals surface area contributed by atoms with Crippen molar-refractivity contribution < 1.29 is 0 Å². The summed E-state index contributed by atoms with van der Waals surface area (Å²) in [5.41, 5.74) is 6.42. The van der Waals surface area contributed by atoms with Crippen LogP contribution in [0.1, 0.15) is 24.1 Å². The number of fused-ring (bicyclic) bond motifs is 1. The van der Waals surface area contributed by atoms with Crippen molar-refractivity contribution >= 4 is 23.3 Å². The molecular formula is C19H21ClN2. The molecular weight excluding hydrogens is 292 g/mol. The van der Waals surface area contributed by atoms with Gasteiger partial charge in [0.15, 0.2) is 0 Å². The van der Waals surface area contributed by atoms with Gasteiger partial charge in [-0.25, -0.2) is 0 Å². The Labute approximate surface area is 137 Å². The zero-order valence-corrected chi connectivity index (χ0v) is 13.9. The second-order valence-corrected chi connectivity index (χ2v) is 6.19. The molecule has 0 atom stereocenters. The first-order valence-electron chi connectivity index (χ1n) is 7.75. The Balaban J connectivity index is 0.00000144. The maximum absolute atomic E-state index is 4.70. The van der Waals surface area contributed by atoms with E-state index in [1.807, 2.05) is 6.20 Å². The third kappa shape index (κ3) is 2.42. The van der Waals surface area contributed by atoms with Gasteiger partial charge in [-0.3, -0.25) is 4.98 Å². The highest BCUT2D eigenvalue weighted by Gasteiger charge is 2.25. The molecule has 1 fully saturated rings. The second kappa shape index (κ2) is 5.77. The lowest BCUT2D eigenvalue weighted by atomic mass is 10.1. The molecule has 3 aromatic rings. The summed E-state index contributed by atoms with van der Waals surface area (Å²) in [7, 11) is 0. The molecule has 3 heteroatoms. The lowest BCUT2D eigenvalue weighted by Gasteiger charge is -2.10. The van der Waals surface area contributed by atoms with Gasteiger partial charge in [-0.1, -0.05) is 30.3 Å². The maximum atomic E-state index is 4.70. The Bertz CT molecular complexity index is 801. The molecule has 1 aromatic carbocycles. The van der Waals surface area contributed by atoms with E-state index in [4.69, 9.17) is 4.98 Å². The molecule has 114 valence electrons. The lowest BCUT2D eigenvalue weighted by molar-refractivity contribution is 0.632. The molecule has 0 amide bonds. The molecule has 1 saturated carbocycles. The van der Waals surface area contributed by atoms with Crippen molar-refractivity contribution in [3.8, 4) is 11.3 Å². The van der Waals surface area contributed by atoms with Gasteiger partial charge >= 0.3 is 0 Å². The number of rotatable bonds is 3. The first-order valence-corrected chi connectivity index (χ1v) is 7.75. The minimum Gasteiger partial charge on any atom is -0.343 e. The quantitative estimate of drug-likeness (QED) is 0.654. The van der Waals surface area contributed by atoms with Crippen molar-refractivity contribution in [2.75, 3.05) is 0 Å². The molecule has 2 aromatic heterocycles. The molecule has 1 aliphatic carbocycles. The Kier molecular flexibility index (Phi) is 3.96. The molecule has 0 spiro atoms. The predicted molar refractivity (Wildman–Crippen MR) is 94.6 cm³/mol. The fraction of sp³-hybridized carbons (Fsp3) is 0.316. The molecule has 0 radical (unpaired) electrons. The van der Waals surface area contributed by atoms with Gasteiger partial charge < -0.3 is 4.57 Å². The highest BCUT2D eigenvalue weighted by atomic mass is 35.5. The van der Waals surface area contributed by atoms with Gasteiger partial charge in [0.1, 0.15) is 0 Å². The number of hydrogen-bond donors (Lipinski definition) is 0. The molecule has 2 heterocycles. The first-order chi connectivity index (χ1) is 10.3. The molecule has 1 aliphatic rings. The van der Waals surface area contributed by atoms with Gasteiger partial charge in [0.25, 0.3) is 0 Å². The van der Waals surface area contributed by atoms with E-state index in [2.05, 4.69) is 54.8 Å². The summed E-state index contributed by atoms with van der Waals surface area (Å²) in [6, 6.07) is 12.7. The number of benzene rings is 1. The summed E-state index contributed by atoms with van der Waals surface area (Å²) in [4.78, 5) is 4.70. The second-order valence-electron chi connectivity index (χ2n) is 6.19. The van der Waals surface area contributed by atoms with Crippen LogP contribution >= 0.6 is 12.4 Å². The minimum absolute atomic E-state index is 0. The fourth-order valence-electron chi connectivity index (χ4n) is 3.19. The van der Waals surface area contributed by atoms with Gasteiger partial charge in [-0.05, 0) is 44.2 Å². The first kappa shape index (κ1) is 15.1. The number of pyridine rings is 1. The lowest BCUT2D eigenvalue weighted by Crippen LogP contribution is -2.03. The minimum atomic E-state index is 0. The molecule has 0 N–H and O–H groups in total. The topological polar surface area (TPSA) is 17.8 Å². The van der Waals surface area contributed by atoms with Crippen LogP contribution in [0.5, 0.6) is 0 Å². The van der Waals surface area contributed by atoms with Crippen molar-refractivity contribution in [3.05, 3.63) is 53.9 Å². The summed E-state index contributed by atoms with van der Waals surface area (Å²) in [5.74, 6) is 0.863. The predicted octanol–water partition coefficient (Wildman–Crippen LogP) is 5.15. The molecule has 0 bridgehead atoms. The van der Waals surface area contributed by atoms with E-state index in [9.17, 15) is 0 Å². The third-order valence-electron chi connectivity index (χ3n) is 4.73. The van der Waals surface area contributed by atoms with Crippen molar-refractivity contribution in [2.24, 2.45) is 5.92 Å². The highest BCUT2D eigenvalue weighted by Crippen LogP contribution is 2.37. The van der Waals surface area contributed by atoms with Crippen LogP contribution < -0.4 is 0 Å². The summed E-state index contributed by atoms with van der Waals surface area (Å²) in [6.07, 6.45) is 4.69. The Morgan fingerprint density at radius 2 is 1.82 bits per heavy atom. The van der Waals surface area contributed by atoms with Crippen LogP contribution in [-0.2, 0) is 6.54 Å². The van der Waals surface area contributed by atoms with E-state index in [1.165, 1.54) is 40.6 Å². The normalized spacial score (nSPS) is 14.1. The van der Waals surface area contributed by atoms with Crippen molar-refractivity contribution in [2.45, 2.75) is 33.2 Å². The van der Waals surface area contributed by atoms with Crippen molar-refractivity contribution in [1.29, 1.82) is 0 Å². The van der Waals surface area contributed by atoms with Crippen molar-refractivity contribution in [1.82, 2.24) is 9.55 Å². The van der Waals surface area contributed by atoms with Crippen LogP contribution in [0, 0.1) is 19.8 Å². The Morgan fingerprint density at radius 3 is 2.50 bits per heavy atom. The highest BCUT2D eigenvalue weighted by molar-refractivity contribution is 5.95. The van der Waals surface area contributed by atoms with Crippen LogP contribution in [0.25, 0.3) is 22.2 Å². The summed E-state index contributed by atoms with van der Waals surface area (Å²) >= 11 is 0. The monoisotopic (exact) mass is 312 g/mol. The molecule has 0 saturated heterocycles. The van der Waals surface area contributed by atoms with Crippen LogP contribution in [0.4, 0.5) is 0 Å². The Morgan fingerprint density at radius 1 is 1.09 bits per heavy atom. The van der Waals surface area contributed by atoms with Crippen LogP contribution in [0.3, 0.4) is 0 Å². The molecule has 0 aliphatic heterocycles. The van der Waals surface area contributed by atoms with Crippen molar-refractivity contribution in [3.63, 3.8) is 0 Å². The largest absolute Gasteiger partial charge is 0.343 e. The maximum Gasteiger partial charge on any atom is 0.0944 e. The SMILES string of the molecule is Cc1c(C)n(CC2CC2)c2c(-c3ccccc3)nccc12.Cl. The van der Waals surface area contributed by atoms with Gasteiger partial charge in [0.2, 0.25) is 0 Å². The van der Waals surface area contributed by atoms with E-state index in [1.54, 1.807) is 0 Å². The molecule has 22 heavy (non-hydrogen) atoms. The van der Waals surface area contributed by atoms with Gasteiger partial charge in [0.05, 0.1) is 11.2 Å².